The molecule has 0 aromatic heterocycles. The zero-order valence-corrected chi connectivity index (χ0v) is 27.2. The second-order valence-corrected chi connectivity index (χ2v) is 11.9. The monoisotopic (exact) mass is 637 g/mol. The van der Waals surface area contributed by atoms with Gasteiger partial charge >= 0.3 is 18.0 Å². The van der Waals surface area contributed by atoms with Crippen LogP contribution in [0.1, 0.15) is 64.2 Å². The van der Waals surface area contributed by atoms with Gasteiger partial charge in [0, 0.05) is 13.3 Å². The highest BCUT2D eigenvalue weighted by Crippen LogP contribution is 2.38. The van der Waals surface area contributed by atoms with Crippen LogP contribution in [0.4, 0.5) is 4.79 Å². The molecule has 1 aliphatic rings. The van der Waals surface area contributed by atoms with Gasteiger partial charge in [-0.25, -0.2) is 9.59 Å². The number of hydrogen-bond donors (Lipinski definition) is 2. The van der Waals surface area contributed by atoms with Crippen molar-refractivity contribution in [3.8, 4) is 11.1 Å². The van der Waals surface area contributed by atoms with Gasteiger partial charge < -0.3 is 29.6 Å². The summed E-state index contributed by atoms with van der Waals surface area (Å²) in [6.45, 7) is 7.60. The molecule has 3 atom stereocenters. The number of methoxy groups -OCH3 is 1. The molecule has 12 nitrogen and oxygen atoms in total. The lowest BCUT2D eigenvalue weighted by atomic mass is 9.99. The number of amides is 3. The van der Waals surface area contributed by atoms with Crippen LogP contribution < -0.4 is 10.6 Å². The second kappa shape index (κ2) is 16.5. The zero-order chi connectivity index (χ0) is 34.0. The highest BCUT2D eigenvalue weighted by molar-refractivity contribution is 5.94. The number of aldehydes is 1. The molecular formula is C34H43N3O9. The molecule has 0 fully saturated rings. The molecule has 0 bridgehead atoms. The number of benzene rings is 2. The minimum absolute atomic E-state index is 0.00285. The van der Waals surface area contributed by atoms with Gasteiger partial charge in [0.1, 0.15) is 31.0 Å². The fourth-order valence-corrected chi connectivity index (χ4v) is 5.38. The lowest BCUT2D eigenvalue weighted by molar-refractivity contribution is -0.165. The summed E-state index contributed by atoms with van der Waals surface area (Å²) >= 11 is 0. The first-order valence-corrected chi connectivity index (χ1v) is 15.3. The minimum Gasteiger partial charge on any atom is -0.467 e. The summed E-state index contributed by atoms with van der Waals surface area (Å²) in [4.78, 5) is 76.6. The van der Waals surface area contributed by atoms with Gasteiger partial charge in [0.15, 0.2) is 6.73 Å². The fraction of sp³-hybridized carbons (Fsp3) is 0.471. The molecule has 248 valence electrons. The van der Waals surface area contributed by atoms with Crippen LogP contribution >= 0.6 is 0 Å². The largest absolute Gasteiger partial charge is 0.467 e. The summed E-state index contributed by atoms with van der Waals surface area (Å²) in [5.41, 5.74) is 5.41. The summed E-state index contributed by atoms with van der Waals surface area (Å²) in [7, 11) is 1.10. The normalized spacial score (nSPS) is 13.5. The van der Waals surface area contributed by atoms with Crippen molar-refractivity contribution in [1.29, 1.82) is 0 Å². The maximum atomic E-state index is 13.8. The number of alkyl carbamates (subject to hydrolysis) is 1. The molecule has 0 saturated carbocycles. The lowest BCUT2D eigenvalue weighted by Gasteiger charge is -2.33. The predicted molar refractivity (Wildman–Crippen MR) is 168 cm³/mol. The summed E-state index contributed by atoms with van der Waals surface area (Å²) in [6, 6.07) is 10.3. The SMILES string of the molecule is COC(=O)[C@H](CC=O)N(COC(C)=O)C(=O)[C@@H](NC(=O)[C@H](CC(C)C)NC(=O)OCc1cccc2c1Cc1ccccc1-2)C(C)C. The molecule has 0 unspecified atom stereocenters. The van der Waals surface area contributed by atoms with E-state index in [9.17, 15) is 28.8 Å². The number of rotatable bonds is 15. The Balaban J connectivity index is 1.75. The van der Waals surface area contributed by atoms with Crippen molar-refractivity contribution in [3.63, 3.8) is 0 Å². The smallest absolute Gasteiger partial charge is 0.408 e. The molecule has 3 rings (SSSR count). The van der Waals surface area contributed by atoms with Crippen molar-refractivity contribution in [2.45, 2.75) is 78.6 Å². The van der Waals surface area contributed by atoms with Gasteiger partial charge in [0.05, 0.1) is 7.11 Å². The van der Waals surface area contributed by atoms with Gasteiger partial charge in [-0.15, -0.1) is 0 Å². The number of esters is 2. The van der Waals surface area contributed by atoms with Crippen LogP contribution in [-0.2, 0) is 51.2 Å². The molecule has 3 amide bonds. The first-order chi connectivity index (χ1) is 21.9. The van der Waals surface area contributed by atoms with Gasteiger partial charge in [-0.2, -0.15) is 0 Å². The van der Waals surface area contributed by atoms with Gasteiger partial charge in [-0.05, 0) is 52.5 Å². The molecule has 1 aliphatic carbocycles. The standard InChI is InChI=1S/C34H43N3O9/c1-20(2)16-28(35-34(43)45-18-24-11-9-13-26-25-12-8-7-10-23(25)17-27(24)26)31(40)36-30(21(3)4)32(41)37(19-46-22(5)39)29(14-15-38)33(42)44-6/h7-13,15,20-21,28-30H,14,16-19H2,1-6H3,(H,35,43)(H,36,40)/t28-,29-,30-/m0/s1. The Labute approximate surface area is 269 Å². The van der Waals surface area contributed by atoms with E-state index < -0.39 is 67.0 Å². The second-order valence-electron chi connectivity index (χ2n) is 11.9. The third-order valence-electron chi connectivity index (χ3n) is 7.71. The molecule has 2 N–H and O–H groups in total. The molecule has 0 aliphatic heterocycles. The Kier molecular flexibility index (Phi) is 12.8. The van der Waals surface area contributed by atoms with E-state index in [1.165, 1.54) is 5.56 Å². The number of nitrogens with zero attached hydrogens (tertiary/aromatic N) is 1. The maximum Gasteiger partial charge on any atom is 0.408 e. The van der Waals surface area contributed by atoms with Crippen molar-refractivity contribution in [1.82, 2.24) is 15.5 Å². The van der Waals surface area contributed by atoms with E-state index >= 15 is 0 Å². The number of carbonyl (C=O) groups excluding carboxylic acids is 6. The molecule has 2 aromatic rings. The van der Waals surface area contributed by atoms with Crippen LogP contribution in [0.5, 0.6) is 0 Å². The molecule has 12 heteroatoms. The van der Waals surface area contributed by atoms with Crippen LogP contribution in [0.2, 0.25) is 0 Å². The van der Waals surface area contributed by atoms with Crippen LogP contribution in [-0.4, -0.2) is 73.0 Å². The minimum atomic E-state index is -1.39. The van der Waals surface area contributed by atoms with E-state index in [0.29, 0.717) is 6.29 Å². The third kappa shape index (κ3) is 9.15. The van der Waals surface area contributed by atoms with Crippen molar-refractivity contribution in [2.75, 3.05) is 13.8 Å². The first-order valence-electron chi connectivity index (χ1n) is 15.3. The van der Waals surface area contributed by atoms with E-state index in [0.717, 1.165) is 47.6 Å². The number of carbonyl (C=O) groups is 6. The van der Waals surface area contributed by atoms with E-state index in [-0.39, 0.29) is 18.9 Å². The topological polar surface area (TPSA) is 157 Å². The average molecular weight is 638 g/mol. The molecule has 2 aromatic carbocycles. The number of hydrogen-bond acceptors (Lipinski definition) is 9. The molecular weight excluding hydrogens is 594 g/mol. The summed E-state index contributed by atoms with van der Waals surface area (Å²) in [6.07, 6.45) is 0.194. The molecule has 0 saturated heterocycles. The summed E-state index contributed by atoms with van der Waals surface area (Å²) in [5.74, 6) is -3.55. The Hall–Kier alpha value is -4.74. The Morgan fingerprint density at radius 2 is 1.63 bits per heavy atom. The van der Waals surface area contributed by atoms with Crippen molar-refractivity contribution >= 4 is 36.1 Å². The molecule has 46 heavy (non-hydrogen) atoms. The van der Waals surface area contributed by atoms with Crippen LogP contribution in [0, 0.1) is 11.8 Å². The highest BCUT2D eigenvalue weighted by Gasteiger charge is 2.38. The highest BCUT2D eigenvalue weighted by atomic mass is 16.6. The average Bonchev–Trinajstić information content (AvgIpc) is 3.40. The summed E-state index contributed by atoms with van der Waals surface area (Å²) in [5, 5.41) is 5.32. The first kappa shape index (κ1) is 35.7. The number of nitrogens with one attached hydrogen (secondary N) is 2. The Morgan fingerprint density at radius 1 is 0.935 bits per heavy atom. The van der Waals surface area contributed by atoms with Gasteiger partial charge in [0.2, 0.25) is 11.8 Å². The predicted octanol–water partition coefficient (Wildman–Crippen LogP) is 3.52. The van der Waals surface area contributed by atoms with Gasteiger partial charge in [-0.1, -0.05) is 70.2 Å². The van der Waals surface area contributed by atoms with E-state index in [4.69, 9.17) is 14.2 Å². The van der Waals surface area contributed by atoms with Gasteiger partial charge in [0.25, 0.3) is 0 Å². The van der Waals surface area contributed by atoms with Crippen LogP contribution in [0.3, 0.4) is 0 Å². The zero-order valence-electron chi connectivity index (χ0n) is 27.2. The summed E-state index contributed by atoms with van der Waals surface area (Å²) < 4.78 is 15.3. The fourth-order valence-electron chi connectivity index (χ4n) is 5.38. The van der Waals surface area contributed by atoms with Crippen molar-refractivity contribution < 1.29 is 43.0 Å². The van der Waals surface area contributed by atoms with Crippen LogP contribution in [0.25, 0.3) is 11.1 Å². The van der Waals surface area contributed by atoms with E-state index in [1.807, 2.05) is 44.2 Å². The van der Waals surface area contributed by atoms with Crippen molar-refractivity contribution in [2.24, 2.45) is 11.8 Å². The lowest BCUT2D eigenvalue weighted by Crippen LogP contribution is -2.59. The maximum absolute atomic E-state index is 13.8. The van der Waals surface area contributed by atoms with Crippen LogP contribution in [0.15, 0.2) is 42.5 Å². The number of ether oxygens (including phenoxy) is 3. The molecule has 0 radical (unpaired) electrons. The quantitative estimate of drug-likeness (QED) is 0.110. The number of fused-ring (bicyclic) bond motifs is 3. The molecule has 0 spiro atoms. The molecule has 0 heterocycles. The third-order valence-corrected chi connectivity index (χ3v) is 7.71. The van der Waals surface area contributed by atoms with E-state index in [1.54, 1.807) is 13.8 Å². The van der Waals surface area contributed by atoms with Crippen molar-refractivity contribution in [3.05, 3.63) is 59.2 Å². The Morgan fingerprint density at radius 3 is 2.26 bits per heavy atom. The van der Waals surface area contributed by atoms with E-state index in [2.05, 4.69) is 22.8 Å². The van der Waals surface area contributed by atoms with Gasteiger partial charge in [-0.3, -0.25) is 19.3 Å². The Bertz CT molecular complexity index is 1440.